The molecule has 0 aliphatic carbocycles. The smallest absolute Gasteiger partial charge is 0.281 e. The largest absolute Gasteiger partial charge is 0.323 e. The summed E-state index contributed by atoms with van der Waals surface area (Å²) in [6, 6.07) is 17.2. The van der Waals surface area contributed by atoms with Crippen LogP contribution in [0.5, 0.6) is 0 Å². The first-order chi connectivity index (χ1) is 11.5. The fraction of sp³-hybridized carbons (Fsp3) is 0.118. The van der Waals surface area contributed by atoms with Crippen molar-refractivity contribution < 1.29 is 8.42 Å². The first-order valence-electron chi connectivity index (χ1n) is 7.29. The molecule has 0 amide bonds. The number of aromatic nitrogens is 2. The van der Waals surface area contributed by atoms with Gasteiger partial charge in [0.2, 0.25) is 5.28 Å². The van der Waals surface area contributed by atoms with E-state index in [-0.39, 0.29) is 10.3 Å². The van der Waals surface area contributed by atoms with Gasteiger partial charge in [0.05, 0.1) is 5.69 Å². The summed E-state index contributed by atoms with van der Waals surface area (Å²) < 4.78 is 29.1. The summed E-state index contributed by atoms with van der Waals surface area (Å²) in [4.78, 5) is 3.87. The van der Waals surface area contributed by atoms with E-state index in [2.05, 4.69) is 9.71 Å². The summed E-state index contributed by atoms with van der Waals surface area (Å²) in [5.74, 6) is 0. The molecule has 3 rings (SSSR count). The highest BCUT2D eigenvalue weighted by atomic mass is 35.5. The molecule has 1 N–H and O–H groups in total. The number of hydrogen-bond donors (Lipinski definition) is 1. The van der Waals surface area contributed by atoms with Crippen LogP contribution in [-0.4, -0.2) is 18.0 Å². The third-order valence-electron chi connectivity index (χ3n) is 3.57. The second-order valence-corrected chi connectivity index (χ2v) is 7.35. The van der Waals surface area contributed by atoms with Crippen LogP contribution in [0.3, 0.4) is 0 Å². The Labute approximate surface area is 146 Å². The van der Waals surface area contributed by atoms with Gasteiger partial charge in [0.1, 0.15) is 0 Å². The Balaban J connectivity index is 1.90. The number of aryl methyl sites for hydroxylation is 1. The number of para-hydroxylation sites is 1. The lowest BCUT2D eigenvalue weighted by Crippen LogP contribution is -2.14. The van der Waals surface area contributed by atoms with E-state index in [1.54, 1.807) is 19.2 Å². The maximum atomic E-state index is 12.5. The summed E-state index contributed by atoms with van der Waals surface area (Å²) in [5, 5.41) is 0.0115. The zero-order valence-electron chi connectivity index (χ0n) is 13.0. The van der Waals surface area contributed by atoms with Gasteiger partial charge in [0, 0.05) is 13.2 Å². The number of imidazole rings is 1. The minimum atomic E-state index is -3.80. The van der Waals surface area contributed by atoms with Crippen molar-refractivity contribution >= 4 is 27.3 Å². The molecule has 1 aromatic heterocycles. The third kappa shape index (κ3) is 3.60. The summed E-state index contributed by atoms with van der Waals surface area (Å²) in [5.41, 5.74) is 2.52. The number of sulfonamides is 1. The van der Waals surface area contributed by atoms with Crippen molar-refractivity contribution in [2.24, 2.45) is 7.05 Å². The molecule has 2 aromatic carbocycles. The molecule has 0 aliphatic heterocycles. The van der Waals surface area contributed by atoms with E-state index in [1.165, 1.54) is 10.8 Å². The van der Waals surface area contributed by atoms with Gasteiger partial charge in [0.15, 0.2) is 5.03 Å². The summed E-state index contributed by atoms with van der Waals surface area (Å²) >= 11 is 5.84. The Kier molecular flexibility index (Phi) is 4.59. The van der Waals surface area contributed by atoms with Crippen molar-refractivity contribution in [3.63, 3.8) is 0 Å². The predicted molar refractivity (Wildman–Crippen MR) is 94.7 cm³/mol. The van der Waals surface area contributed by atoms with E-state index in [4.69, 9.17) is 11.6 Å². The van der Waals surface area contributed by atoms with Gasteiger partial charge in [-0.1, -0.05) is 48.5 Å². The molecule has 3 aromatic rings. The van der Waals surface area contributed by atoms with Crippen LogP contribution in [0.4, 0.5) is 5.69 Å². The summed E-state index contributed by atoms with van der Waals surface area (Å²) in [7, 11) is -2.16. The van der Waals surface area contributed by atoms with E-state index in [1.807, 2.05) is 42.5 Å². The molecular weight excluding hydrogens is 346 g/mol. The highest BCUT2D eigenvalue weighted by Crippen LogP contribution is 2.23. The maximum absolute atomic E-state index is 12.5. The van der Waals surface area contributed by atoms with Gasteiger partial charge in [-0.3, -0.25) is 4.72 Å². The molecule has 0 fully saturated rings. The van der Waals surface area contributed by atoms with Crippen LogP contribution >= 0.6 is 11.6 Å². The van der Waals surface area contributed by atoms with Gasteiger partial charge in [-0.15, -0.1) is 0 Å². The van der Waals surface area contributed by atoms with E-state index in [9.17, 15) is 8.42 Å². The van der Waals surface area contributed by atoms with Gasteiger partial charge < -0.3 is 4.57 Å². The van der Waals surface area contributed by atoms with Gasteiger partial charge in [-0.2, -0.15) is 8.42 Å². The molecule has 7 heteroatoms. The Morgan fingerprint density at radius 1 is 1.08 bits per heavy atom. The topological polar surface area (TPSA) is 64.0 Å². The summed E-state index contributed by atoms with van der Waals surface area (Å²) in [6.07, 6.45) is 2.01. The molecule has 24 heavy (non-hydrogen) atoms. The third-order valence-corrected chi connectivity index (χ3v) is 5.16. The molecule has 0 atom stereocenters. The zero-order chi connectivity index (χ0) is 17.2. The number of benzene rings is 2. The van der Waals surface area contributed by atoms with Gasteiger partial charge in [-0.25, -0.2) is 4.98 Å². The highest BCUT2D eigenvalue weighted by molar-refractivity contribution is 7.92. The minimum Gasteiger partial charge on any atom is -0.323 e. The quantitative estimate of drug-likeness (QED) is 0.756. The van der Waals surface area contributed by atoms with Gasteiger partial charge >= 0.3 is 0 Å². The van der Waals surface area contributed by atoms with Crippen molar-refractivity contribution in [1.82, 2.24) is 9.55 Å². The van der Waals surface area contributed by atoms with Crippen LogP contribution in [-0.2, 0) is 23.5 Å². The Bertz CT molecular complexity index is 933. The molecule has 0 saturated heterocycles. The second kappa shape index (κ2) is 6.67. The number of rotatable bonds is 5. The van der Waals surface area contributed by atoms with Crippen LogP contribution in [0.1, 0.15) is 11.1 Å². The molecule has 0 unspecified atom stereocenters. The van der Waals surface area contributed by atoms with E-state index >= 15 is 0 Å². The number of anilines is 1. The van der Waals surface area contributed by atoms with Crippen molar-refractivity contribution in [3.8, 4) is 0 Å². The minimum absolute atomic E-state index is 0.107. The Morgan fingerprint density at radius 2 is 1.75 bits per heavy atom. The molecule has 0 bridgehead atoms. The fourth-order valence-corrected chi connectivity index (χ4v) is 3.62. The second-order valence-electron chi connectivity index (χ2n) is 5.38. The molecule has 0 radical (unpaired) electrons. The Hall–Kier alpha value is -2.31. The predicted octanol–water partition coefficient (Wildman–Crippen LogP) is 3.47. The number of nitrogens with one attached hydrogen (secondary N) is 1. The lowest BCUT2D eigenvalue weighted by molar-refractivity contribution is 0.598. The lowest BCUT2D eigenvalue weighted by atomic mass is 10.0. The van der Waals surface area contributed by atoms with Crippen LogP contribution in [0.15, 0.2) is 65.8 Å². The van der Waals surface area contributed by atoms with E-state index in [0.717, 1.165) is 11.1 Å². The lowest BCUT2D eigenvalue weighted by Gasteiger charge is -2.11. The first kappa shape index (κ1) is 16.5. The molecule has 5 nitrogen and oxygen atoms in total. The van der Waals surface area contributed by atoms with Crippen LogP contribution in [0.2, 0.25) is 5.28 Å². The van der Waals surface area contributed by atoms with Crippen LogP contribution in [0.25, 0.3) is 0 Å². The number of hydrogen-bond acceptors (Lipinski definition) is 3. The van der Waals surface area contributed by atoms with Crippen molar-refractivity contribution in [2.45, 2.75) is 11.4 Å². The maximum Gasteiger partial charge on any atom is 0.281 e. The molecular formula is C17H16ClN3O2S. The first-order valence-corrected chi connectivity index (χ1v) is 9.15. The van der Waals surface area contributed by atoms with E-state index < -0.39 is 10.0 Å². The molecule has 124 valence electrons. The van der Waals surface area contributed by atoms with Gasteiger partial charge in [-0.05, 0) is 35.2 Å². The molecule has 1 heterocycles. The van der Waals surface area contributed by atoms with E-state index in [0.29, 0.717) is 12.1 Å². The highest BCUT2D eigenvalue weighted by Gasteiger charge is 2.20. The summed E-state index contributed by atoms with van der Waals surface area (Å²) in [6.45, 7) is 0. The van der Waals surface area contributed by atoms with Crippen LogP contribution in [0, 0.1) is 0 Å². The SMILES string of the molecule is Cn1cc(S(=O)(=O)Nc2ccccc2Cc2ccccc2)nc1Cl. The van der Waals surface area contributed by atoms with Gasteiger partial charge in [0.25, 0.3) is 10.0 Å². The monoisotopic (exact) mass is 361 g/mol. The molecule has 0 spiro atoms. The normalized spacial score (nSPS) is 11.4. The zero-order valence-corrected chi connectivity index (χ0v) is 14.6. The standard InChI is InChI=1S/C17H16ClN3O2S/c1-21-12-16(19-17(21)18)24(22,23)20-15-10-6-5-9-14(15)11-13-7-3-2-4-8-13/h2-10,12,20H,11H2,1H3. The number of halogens is 1. The van der Waals surface area contributed by atoms with Crippen molar-refractivity contribution in [3.05, 3.63) is 77.2 Å². The number of nitrogens with zero attached hydrogens (tertiary/aromatic N) is 2. The van der Waals surface area contributed by atoms with Crippen molar-refractivity contribution in [1.29, 1.82) is 0 Å². The molecule has 0 saturated carbocycles. The van der Waals surface area contributed by atoms with Crippen LogP contribution < -0.4 is 4.72 Å². The fourth-order valence-electron chi connectivity index (χ4n) is 2.33. The Morgan fingerprint density at radius 3 is 2.42 bits per heavy atom. The van der Waals surface area contributed by atoms with Crippen molar-refractivity contribution in [2.75, 3.05) is 4.72 Å². The average molecular weight is 362 g/mol. The molecule has 0 aliphatic rings. The average Bonchev–Trinajstić information content (AvgIpc) is 2.90.